The molecule has 21 heavy (non-hydrogen) atoms. The van der Waals surface area contributed by atoms with E-state index in [2.05, 4.69) is 10.6 Å². The molecule has 4 N–H and O–H groups in total. The predicted molar refractivity (Wildman–Crippen MR) is 86.6 cm³/mol. The van der Waals surface area contributed by atoms with E-state index in [4.69, 9.17) is 5.73 Å². The number of aryl methyl sites for hydroxylation is 1. The summed E-state index contributed by atoms with van der Waals surface area (Å²) in [6.45, 7) is 4.75. The highest BCUT2D eigenvalue weighted by molar-refractivity contribution is 7.21. The van der Waals surface area contributed by atoms with Crippen molar-refractivity contribution in [2.24, 2.45) is 0 Å². The molecule has 6 heteroatoms. The third kappa shape index (κ3) is 3.52. The Morgan fingerprint density at radius 3 is 2.76 bits per heavy atom. The Bertz CT molecular complexity index is 679. The van der Waals surface area contributed by atoms with Gasteiger partial charge in [0.05, 0.1) is 5.69 Å². The summed E-state index contributed by atoms with van der Waals surface area (Å²) in [5, 5.41) is 6.32. The summed E-state index contributed by atoms with van der Waals surface area (Å²) in [5.41, 5.74) is 7.68. The normalized spacial score (nSPS) is 10.6. The third-order valence-corrected chi connectivity index (χ3v) is 4.27. The molecule has 0 spiro atoms. The van der Waals surface area contributed by atoms with Crippen LogP contribution < -0.4 is 16.4 Å². The van der Waals surface area contributed by atoms with Crippen molar-refractivity contribution in [2.75, 3.05) is 18.8 Å². The van der Waals surface area contributed by atoms with Gasteiger partial charge >= 0.3 is 0 Å². The zero-order chi connectivity index (χ0) is 15.4. The Labute approximate surface area is 127 Å². The van der Waals surface area contributed by atoms with E-state index in [0.29, 0.717) is 23.7 Å². The number of carbonyl (C=O) groups excluding carboxylic acids is 2. The van der Waals surface area contributed by atoms with Crippen molar-refractivity contribution in [2.45, 2.75) is 20.3 Å². The van der Waals surface area contributed by atoms with Crippen molar-refractivity contribution in [1.82, 2.24) is 10.6 Å². The molecule has 112 valence electrons. The lowest BCUT2D eigenvalue weighted by Crippen LogP contribution is -2.30. The van der Waals surface area contributed by atoms with Gasteiger partial charge in [-0.2, -0.15) is 0 Å². The highest BCUT2D eigenvalue weighted by Crippen LogP contribution is 2.34. The minimum atomic E-state index is -0.226. The first-order valence-electron chi connectivity index (χ1n) is 6.86. The van der Waals surface area contributed by atoms with E-state index in [1.165, 1.54) is 11.3 Å². The van der Waals surface area contributed by atoms with Gasteiger partial charge in [0.2, 0.25) is 5.91 Å². The Hall–Kier alpha value is -2.08. The maximum atomic E-state index is 12.1. The van der Waals surface area contributed by atoms with E-state index in [-0.39, 0.29) is 18.2 Å². The van der Waals surface area contributed by atoms with Gasteiger partial charge in [0.15, 0.2) is 0 Å². The van der Waals surface area contributed by atoms with Gasteiger partial charge in [-0.3, -0.25) is 9.59 Å². The number of anilines is 1. The average Bonchev–Trinajstić information content (AvgIpc) is 2.75. The largest absolute Gasteiger partial charge is 0.397 e. The van der Waals surface area contributed by atoms with Crippen LogP contribution in [0.4, 0.5) is 5.69 Å². The molecular formula is C15H19N3O2S. The monoisotopic (exact) mass is 305 g/mol. The van der Waals surface area contributed by atoms with Crippen LogP contribution in [0.2, 0.25) is 0 Å². The number of hydrogen-bond acceptors (Lipinski definition) is 4. The van der Waals surface area contributed by atoms with E-state index < -0.39 is 0 Å². The van der Waals surface area contributed by atoms with E-state index in [0.717, 1.165) is 15.6 Å². The smallest absolute Gasteiger partial charge is 0.263 e. The highest BCUT2D eigenvalue weighted by Gasteiger charge is 2.16. The number of nitrogen functional groups attached to an aromatic ring is 1. The SMILES string of the molecule is CCNC(=O)CCNC(=O)c1sc2cc(C)ccc2c1N. The number of carbonyl (C=O) groups is 2. The van der Waals surface area contributed by atoms with Crippen LogP contribution in [0.25, 0.3) is 10.1 Å². The van der Waals surface area contributed by atoms with Crippen LogP contribution >= 0.6 is 11.3 Å². The molecule has 0 aliphatic rings. The van der Waals surface area contributed by atoms with Crippen molar-refractivity contribution in [3.8, 4) is 0 Å². The molecular weight excluding hydrogens is 286 g/mol. The molecule has 2 rings (SSSR count). The van der Waals surface area contributed by atoms with Crippen LogP contribution in [0.15, 0.2) is 18.2 Å². The summed E-state index contributed by atoms with van der Waals surface area (Å²) in [7, 11) is 0. The minimum absolute atomic E-state index is 0.0715. The van der Waals surface area contributed by atoms with Crippen molar-refractivity contribution in [1.29, 1.82) is 0 Å². The molecule has 5 nitrogen and oxygen atoms in total. The van der Waals surface area contributed by atoms with Crippen molar-refractivity contribution in [3.05, 3.63) is 28.6 Å². The molecule has 0 fully saturated rings. The molecule has 0 aliphatic heterocycles. The number of fused-ring (bicyclic) bond motifs is 1. The van der Waals surface area contributed by atoms with Gasteiger partial charge in [-0.05, 0) is 25.5 Å². The van der Waals surface area contributed by atoms with Gasteiger partial charge in [-0.1, -0.05) is 12.1 Å². The van der Waals surface area contributed by atoms with Gasteiger partial charge in [0.1, 0.15) is 4.88 Å². The fraction of sp³-hybridized carbons (Fsp3) is 0.333. The second-order valence-electron chi connectivity index (χ2n) is 4.80. The second kappa shape index (κ2) is 6.58. The first-order valence-corrected chi connectivity index (χ1v) is 7.68. The van der Waals surface area contributed by atoms with Crippen LogP contribution in [0.3, 0.4) is 0 Å². The highest BCUT2D eigenvalue weighted by atomic mass is 32.1. The summed E-state index contributed by atoms with van der Waals surface area (Å²) >= 11 is 1.38. The van der Waals surface area contributed by atoms with Gasteiger partial charge in [0, 0.05) is 29.6 Å². The average molecular weight is 305 g/mol. The number of hydrogen-bond donors (Lipinski definition) is 3. The summed E-state index contributed by atoms with van der Waals surface area (Å²) in [6, 6.07) is 5.92. The van der Waals surface area contributed by atoms with Crippen LogP contribution in [0.5, 0.6) is 0 Å². The lowest BCUT2D eigenvalue weighted by molar-refractivity contribution is -0.120. The lowest BCUT2D eigenvalue weighted by Gasteiger charge is -2.04. The molecule has 0 saturated carbocycles. The van der Waals surface area contributed by atoms with E-state index in [1.54, 1.807) is 0 Å². The summed E-state index contributed by atoms with van der Waals surface area (Å²) in [5.74, 6) is -0.298. The number of nitrogens with two attached hydrogens (primary N) is 1. The maximum absolute atomic E-state index is 12.1. The topological polar surface area (TPSA) is 84.2 Å². The van der Waals surface area contributed by atoms with Crippen LogP contribution in [-0.2, 0) is 4.79 Å². The van der Waals surface area contributed by atoms with Gasteiger partial charge in [-0.25, -0.2) is 0 Å². The Kier molecular flexibility index (Phi) is 4.80. The maximum Gasteiger partial charge on any atom is 0.263 e. The van der Waals surface area contributed by atoms with Crippen LogP contribution in [0.1, 0.15) is 28.6 Å². The first-order chi connectivity index (χ1) is 10.0. The second-order valence-corrected chi connectivity index (χ2v) is 5.86. The Morgan fingerprint density at radius 2 is 2.05 bits per heavy atom. The van der Waals surface area contributed by atoms with Crippen molar-refractivity contribution in [3.63, 3.8) is 0 Å². The van der Waals surface area contributed by atoms with Gasteiger partial charge in [-0.15, -0.1) is 11.3 Å². The minimum Gasteiger partial charge on any atom is -0.397 e. The molecule has 0 bridgehead atoms. The molecule has 0 unspecified atom stereocenters. The van der Waals surface area contributed by atoms with E-state index in [1.807, 2.05) is 32.0 Å². The molecule has 1 heterocycles. The predicted octanol–water partition coefficient (Wildman–Crippen LogP) is 2.05. The molecule has 0 saturated heterocycles. The van der Waals surface area contributed by atoms with E-state index >= 15 is 0 Å². The first kappa shape index (κ1) is 15.3. The van der Waals surface area contributed by atoms with Crippen LogP contribution in [-0.4, -0.2) is 24.9 Å². The summed E-state index contributed by atoms with van der Waals surface area (Å²) in [4.78, 5) is 24.0. The lowest BCUT2D eigenvalue weighted by atomic mass is 10.1. The molecule has 2 aromatic rings. The molecule has 0 radical (unpaired) electrons. The number of rotatable bonds is 5. The molecule has 0 atom stereocenters. The van der Waals surface area contributed by atoms with E-state index in [9.17, 15) is 9.59 Å². The summed E-state index contributed by atoms with van der Waals surface area (Å²) in [6.07, 6.45) is 0.267. The fourth-order valence-corrected chi connectivity index (χ4v) is 3.19. The Balaban J connectivity index is 2.06. The zero-order valence-corrected chi connectivity index (χ0v) is 13.0. The Morgan fingerprint density at radius 1 is 1.29 bits per heavy atom. The third-order valence-electron chi connectivity index (χ3n) is 3.10. The van der Waals surface area contributed by atoms with Crippen molar-refractivity contribution < 1.29 is 9.59 Å². The molecule has 1 aromatic heterocycles. The van der Waals surface area contributed by atoms with Crippen molar-refractivity contribution >= 4 is 38.9 Å². The zero-order valence-electron chi connectivity index (χ0n) is 12.2. The molecule has 2 amide bonds. The number of amides is 2. The van der Waals surface area contributed by atoms with Crippen LogP contribution in [0, 0.1) is 6.92 Å². The van der Waals surface area contributed by atoms with Gasteiger partial charge in [0.25, 0.3) is 5.91 Å². The van der Waals surface area contributed by atoms with Gasteiger partial charge < -0.3 is 16.4 Å². The standard InChI is InChI=1S/C15H19N3O2S/c1-3-17-12(19)6-7-18-15(20)14-13(16)10-5-4-9(2)8-11(10)21-14/h4-5,8H,3,6-7,16H2,1-2H3,(H,17,19)(H,18,20). The number of thiophene rings is 1. The molecule has 0 aliphatic carbocycles. The number of nitrogens with one attached hydrogen (secondary N) is 2. The summed E-state index contributed by atoms with van der Waals surface area (Å²) < 4.78 is 1.00. The quantitative estimate of drug-likeness (QED) is 0.790. The number of benzene rings is 1. The fourth-order valence-electron chi connectivity index (χ4n) is 2.05. The molecule has 1 aromatic carbocycles.